The van der Waals surface area contributed by atoms with Gasteiger partial charge in [0.05, 0.1) is 11.9 Å². The van der Waals surface area contributed by atoms with Gasteiger partial charge in [-0.05, 0) is 31.2 Å². The van der Waals surface area contributed by atoms with E-state index in [9.17, 15) is 13.5 Å². The molecule has 1 aromatic rings. The highest BCUT2D eigenvalue weighted by Crippen LogP contribution is 2.20. The van der Waals surface area contributed by atoms with Gasteiger partial charge in [0.2, 0.25) is 0 Å². The lowest BCUT2D eigenvalue weighted by atomic mass is 10.1. The Morgan fingerprint density at radius 2 is 2.05 bits per heavy atom. The third-order valence-electron chi connectivity index (χ3n) is 2.86. The molecular weight excluding hydrogens is 330 g/mol. The minimum absolute atomic E-state index is 0.149. The molecular formula is C13H20BrNO3S. The lowest BCUT2D eigenvalue weighted by Crippen LogP contribution is -2.27. The Morgan fingerprint density at radius 3 is 2.63 bits per heavy atom. The maximum Gasteiger partial charge on any atom is 0.148 e. The van der Waals surface area contributed by atoms with E-state index in [1.807, 2.05) is 36.2 Å². The number of sulfone groups is 1. The third-order valence-corrected chi connectivity index (χ3v) is 4.28. The first-order chi connectivity index (χ1) is 8.78. The fourth-order valence-corrected chi connectivity index (χ4v) is 2.72. The van der Waals surface area contributed by atoms with Gasteiger partial charge in [0.1, 0.15) is 9.84 Å². The van der Waals surface area contributed by atoms with Crippen LogP contribution in [0.5, 0.6) is 0 Å². The molecule has 0 aromatic heterocycles. The third kappa shape index (κ3) is 7.06. The van der Waals surface area contributed by atoms with Crippen molar-refractivity contribution in [3.05, 3.63) is 34.3 Å². The van der Waals surface area contributed by atoms with Crippen LogP contribution in [0.25, 0.3) is 0 Å². The van der Waals surface area contributed by atoms with Crippen molar-refractivity contribution in [2.45, 2.75) is 12.5 Å². The number of rotatable bonds is 7. The Balaban J connectivity index is 2.40. The zero-order valence-corrected chi connectivity index (χ0v) is 13.6. The summed E-state index contributed by atoms with van der Waals surface area (Å²) in [5, 5.41) is 10.1. The van der Waals surface area contributed by atoms with Crippen LogP contribution in [0.3, 0.4) is 0 Å². The van der Waals surface area contributed by atoms with Crippen molar-refractivity contribution in [3.63, 3.8) is 0 Å². The predicted molar refractivity (Wildman–Crippen MR) is 80.9 cm³/mol. The van der Waals surface area contributed by atoms with E-state index in [1.165, 1.54) is 6.26 Å². The molecule has 4 nitrogen and oxygen atoms in total. The molecule has 0 radical (unpaired) electrons. The summed E-state index contributed by atoms with van der Waals surface area (Å²) in [7, 11) is -1.07. The average molecular weight is 350 g/mol. The fourth-order valence-electron chi connectivity index (χ4n) is 1.66. The normalized spacial score (nSPS) is 13.7. The van der Waals surface area contributed by atoms with Crippen molar-refractivity contribution in [2.75, 3.05) is 32.1 Å². The minimum Gasteiger partial charge on any atom is -0.388 e. The number of benzene rings is 1. The molecule has 1 unspecified atom stereocenters. The van der Waals surface area contributed by atoms with Gasteiger partial charge in [0, 0.05) is 23.8 Å². The monoisotopic (exact) mass is 349 g/mol. The summed E-state index contributed by atoms with van der Waals surface area (Å²) in [5.41, 5.74) is 0.867. The van der Waals surface area contributed by atoms with Crippen molar-refractivity contribution >= 4 is 25.8 Å². The van der Waals surface area contributed by atoms with E-state index in [4.69, 9.17) is 0 Å². The van der Waals surface area contributed by atoms with Crippen molar-refractivity contribution in [3.8, 4) is 0 Å². The fraction of sp³-hybridized carbons (Fsp3) is 0.538. The molecule has 0 aliphatic rings. The second-order valence-corrected chi connectivity index (χ2v) is 7.97. The molecule has 0 amide bonds. The van der Waals surface area contributed by atoms with Crippen LogP contribution in [0.2, 0.25) is 0 Å². The number of nitrogens with zero attached hydrogens (tertiary/aromatic N) is 1. The van der Waals surface area contributed by atoms with Gasteiger partial charge < -0.3 is 10.0 Å². The van der Waals surface area contributed by atoms with Crippen LogP contribution < -0.4 is 0 Å². The van der Waals surface area contributed by atoms with Gasteiger partial charge in [0.25, 0.3) is 0 Å². The lowest BCUT2D eigenvalue weighted by Gasteiger charge is -2.18. The SMILES string of the molecule is CN(CCC(O)c1cccc(Br)c1)CCS(C)(=O)=O. The molecule has 0 saturated carbocycles. The summed E-state index contributed by atoms with van der Waals surface area (Å²) >= 11 is 3.37. The average Bonchev–Trinajstić information content (AvgIpc) is 2.32. The molecule has 108 valence electrons. The maximum absolute atomic E-state index is 11.1. The summed E-state index contributed by atoms with van der Waals surface area (Å²) < 4.78 is 23.0. The largest absolute Gasteiger partial charge is 0.388 e. The first-order valence-electron chi connectivity index (χ1n) is 6.08. The molecule has 19 heavy (non-hydrogen) atoms. The molecule has 0 bridgehead atoms. The first-order valence-corrected chi connectivity index (χ1v) is 8.93. The Hall–Kier alpha value is -0.430. The van der Waals surface area contributed by atoms with Crippen LogP contribution in [0.15, 0.2) is 28.7 Å². The van der Waals surface area contributed by atoms with Crippen LogP contribution in [0.4, 0.5) is 0 Å². The van der Waals surface area contributed by atoms with E-state index >= 15 is 0 Å². The smallest absolute Gasteiger partial charge is 0.148 e. The predicted octanol–water partition coefficient (Wildman–Crippen LogP) is 1.85. The lowest BCUT2D eigenvalue weighted by molar-refractivity contribution is 0.150. The van der Waals surface area contributed by atoms with Gasteiger partial charge in [-0.3, -0.25) is 0 Å². The van der Waals surface area contributed by atoms with E-state index in [0.29, 0.717) is 19.5 Å². The summed E-state index contributed by atoms with van der Waals surface area (Å²) in [6.07, 6.45) is 1.28. The standard InChI is InChI=1S/C13H20BrNO3S/c1-15(8-9-19(2,17)18)7-6-13(16)11-4-3-5-12(14)10-11/h3-5,10,13,16H,6-9H2,1-2H3. The highest BCUT2D eigenvalue weighted by Gasteiger charge is 2.10. The Bertz CT molecular complexity index is 504. The number of aliphatic hydroxyl groups excluding tert-OH is 1. The maximum atomic E-state index is 11.1. The molecule has 0 aliphatic heterocycles. The van der Waals surface area contributed by atoms with Crippen LogP contribution in [0, 0.1) is 0 Å². The number of aliphatic hydroxyl groups is 1. The van der Waals surface area contributed by atoms with Crippen molar-refractivity contribution in [1.29, 1.82) is 0 Å². The molecule has 0 fully saturated rings. The topological polar surface area (TPSA) is 57.6 Å². The van der Waals surface area contributed by atoms with E-state index in [0.717, 1.165) is 10.0 Å². The Morgan fingerprint density at radius 1 is 1.37 bits per heavy atom. The van der Waals surface area contributed by atoms with Crippen molar-refractivity contribution < 1.29 is 13.5 Å². The van der Waals surface area contributed by atoms with Crippen molar-refractivity contribution in [2.24, 2.45) is 0 Å². The second kappa shape index (κ2) is 7.38. The Kier molecular flexibility index (Phi) is 6.46. The van der Waals surface area contributed by atoms with Gasteiger partial charge in [-0.15, -0.1) is 0 Å². The number of hydrogen-bond acceptors (Lipinski definition) is 4. The van der Waals surface area contributed by atoms with Gasteiger partial charge in [-0.25, -0.2) is 8.42 Å². The minimum atomic E-state index is -2.93. The van der Waals surface area contributed by atoms with Crippen LogP contribution in [-0.2, 0) is 9.84 Å². The second-order valence-electron chi connectivity index (χ2n) is 4.79. The molecule has 6 heteroatoms. The zero-order chi connectivity index (χ0) is 14.5. The first kappa shape index (κ1) is 16.6. The highest BCUT2D eigenvalue weighted by atomic mass is 79.9. The molecule has 1 N–H and O–H groups in total. The molecule has 0 saturated heterocycles. The molecule has 1 aromatic carbocycles. The molecule has 0 aliphatic carbocycles. The van der Waals surface area contributed by atoms with E-state index in [-0.39, 0.29) is 5.75 Å². The summed E-state index contributed by atoms with van der Waals surface area (Å²) in [6, 6.07) is 7.57. The summed E-state index contributed by atoms with van der Waals surface area (Å²) in [6.45, 7) is 1.15. The van der Waals surface area contributed by atoms with Crippen molar-refractivity contribution in [1.82, 2.24) is 4.90 Å². The van der Waals surface area contributed by atoms with E-state index in [2.05, 4.69) is 15.9 Å². The molecule has 1 atom stereocenters. The summed E-state index contributed by atoms with van der Waals surface area (Å²) in [4.78, 5) is 1.92. The number of halogens is 1. The van der Waals surface area contributed by atoms with E-state index < -0.39 is 15.9 Å². The van der Waals surface area contributed by atoms with Gasteiger partial charge in [0.15, 0.2) is 0 Å². The zero-order valence-electron chi connectivity index (χ0n) is 11.2. The van der Waals surface area contributed by atoms with Crippen LogP contribution in [-0.4, -0.2) is 50.6 Å². The molecule has 0 heterocycles. The highest BCUT2D eigenvalue weighted by molar-refractivity contribution is 9.10. The summed E-state index contributed by atoms with van der Waals surface area (Å²) in [5.74, 6) is 0.149. The molecule has 0 spiro atoms. The number of hydrogen-bond donors (Lipinski definition) is 1. The molecule has 1 rings (SSSR count). The quantitative estimate of drug-likeness (QED) is 0.816. The van der Waals surface area contributed by atoms with Gasteiger partial charge in [-0.2, -0.15) is 0 Å². The van der Waals surface area contributed by atoms with Crippen LogP contribution in [0.1, 0.15) is 18.1 Å². The van der Waals surface area contributed by atoms with E-state index in [1.54, 1.807) is 0 Å². The van der Waals surface area contributed by atoms with Gasteiger partial charge in [-0.1, -0.05) is 28.1 Å². The Labute approximate surface area is 123 Å². The van der Waals surface area contributed by atoms with Crippen LogP contribution >= 0.6 is 15.9 Å². The van der Waals surface area contributed by atoms with Gasteiger partial charge >= 0.3 is 0 Å².